The lowest BCUT2D eigenvalue weighted by atomic mass is 10.2. The molecule has 0 bridgehead atoms. The molecule has 2 aliphatic rings. The standard InChI is InChI=1S/C12H18N2OS/c1-7(13)11-10(8-4-5-8)14-12(16-11)9-3-2-6-15-9/h7-9H,2-6,13H2,1H3. The van der Waals surface area contributed by atoms with E-state index in [1.54, 1.807) is 11.3 Å². The van der Waals surface area contributed by atoms with Crippen LogP contribution >= 0.6 is 11.3 Å². The first-order valence-corrected chi connectivity index (χ1v) is 6.95. The highest BCUT2D eigenvalue weighted by Gasteiger charge is 2.32. The highest BCUT2D eigenvalue weighted by molar-refractivity contribution is 7.11. The molecular weight excluding hydrogens is 220 g/mol. The van der Waals surface area contributed by atoms with Crippen molar-refractivity contribution >= 4 is 11.3 Å². The van der Waals surface area contributed by atoms with Crippen LogP contribution in [0.15, 0.2) is 0 Å². The Morgan fingerprint density at radius 3 is 2.81 bits per heavy atom. The van der Waals surface area contributed by atoms with Gasteiger partial charge in [0.15, 0.2) is 0 Å². The minimum Gasteiger partial charge on any atom is -0.371 e. The summed E-state index contributed by atoms with van der Waals surface area (Å²) in [4.78, 5) is 6.07. The van der Waals surface area contributed by atoms with E-state index < -0.39 is 0 Å². The summed E-state index contributed by atoms with van der Waals surface area (Å²) in [6, 6.07) is 0.114. The smallest absolute Gasteiger partial charge is 0.122 e. The van der Waals surface area contributed by atoms with Crippen molar-refractivity contribution in [2.45, 2.75) is 50.7 Å². The van der Waals surface area contributed by atoms with Crippen molar-refractivity contribution in [2.75, 3.05) is 6.61 Å². The molecule has 1 aromatic rings. The fraction of sp³-hybridized carbons (Fsp3) is 0.750. The molecule has 0 spiro atoms. The maximum absolute atomic E-state index is 6.02. The Morgan fingerprint density at radius 2 is 2.25 bits per heavy atom. The zero-order valence-electron chi connectivity index (χ0n) is 9.61. The third-order valence-electron chi connectivity index (χ3n) is 3.28. The van der Waals surface area contributed by atoms with Crippen molar-refractivity contribution in [3.8, 4) is 0 Å². The van der Waals surface area contributed by atoms with Crippen molar-refractivity contribution in [1.82, 2.24) is 4.98 Å². The van der Waals surface area contributed by atoms with Gasteiger partial charge in [0.05, 0.1) is 5.69 Å². The van der Waals surface area contributed by atoms with E-state index in [4.69, 9.17) is 15.5 Å². The highest BCUT2D eigenvalue weighted by Crippen LogP contribution is 2.45. The van der Waals surface area contributed by atoms with Crippen LogP contribution in [0.5, 0.6) is 0 Å². The molecule has 1 saturated heterocycles. The lowest BCUT2D eigenvalue weighted by Gasteiger charge is -2.03. The van der Waals surface area contributed by atoms with Gasteiger partial charge < -0.3 is 10.5 Å². The van der Waals surface area contributed by atoms with Gasteiger partial charge in [-0.15, -0.1) is 11.3 Å². The van der Waals surface area contributed by atoms with Crippen molar-refractivity contribution in [3.63, 3.8) is 0 Å². The number of rotatable bonds is 3. The van der Waals surface area contributed by atoms with Gasteiger partial charge in [0.25, 0.3) is 0 Å². The van der Waals surface area contributed by atoms with Crippen molar-refractivity contribution < 1.29 is 4.74 Å². The molecule has 88 valence electrons. The molecule has 1 aromatic heterocycles. The van der Waals surface area contributed by atoms with Gasteiger partial charge in [0.2, 0.25) is 0 Å². The van der Waals surface area contributed by atoms with Crippen LogP contribution in [0, 0.1) is 0 Å². The first kappa shape index (κ1) is 10.7. The SMILES string of the molecule is CC(N)c1sc(C2CCCO2)nc1C1CC1. The van der Waals surface area contributed by atoms with E-state index in [0.717, 1.165) is 24.5 Å². The zero-order chi connectivity index (χ0) is 11.1. The molecule has 2 atom stereocenters. The summed E-state index contributed by atoms with van der Waals surface area (Å²) in [6.07, 6.45) is 5.10. The van der Waals surface area contributed by atoms with Gasteiger partial charge in [-0.1, -0.05) is 0 Å². The fourth-order valence-electron chi connectivity index (χ4n) is 2.25. The monoisotopic (exact) mass is 238 g/mol. The number of ether oxygens (including phenoxy) is 1. The second-order valence-electron chi connectivity index (χ2n) is 4.87. The van der Waals surface area contributed by atoms with Gasteiger partial charge in [0.1, 0.15) is 11.1 Å². The predicted octanol–water partition coefficient (Wildman–Crippen LogP) is 2.89. The lowest BCUT2D eigenvalue weighted by Crippen LogP contribution is -2.05. The molecule has 0 aromatic carbocycles. The van der Waals surface area contributed by atoms with E-state index in [1.807, 2.05) is 0 Å². The quantitative estimate of drug-likeness (QED) is 0.880. The minimum atomic E-state index is 0.114. The molecule has 4 heteroatoms. The summed E-state index contributed by atoms with van der Waals surface area (Å²) >= 11 is 1.77. The molecular formula is C12H18N2OS. The topological polar surface area (TPSA) is 48.1 Å². The van der Waals surface area contributed by atoms with E-state index >= 15 is 0 Å². The first-order valence-electron chi connectivity index (χ1n) is 6.13. The number of hydrogen-bond donors (Lipinski definition) is 1. The normalized spacial score (nSPS) is 27.2. The van der Waals surface area contributed by atoms with Gasteiger partial charge >= 0.3 is 0 Å². The van der Waals surface area contributed by atoms with Crippen molar-refractivity contribution in [1.29, 1.82) is 0 Å². The first-order chi connectivity index (χ1) is 7.75. The van der Waals surface area contributed by atoms with Gasteiger partial charge in [-0.3, -0.25) is 0 Å². The molecule has 2 unspecified atom stereocenters. The Bertz CT molecular complexity index is 359. The van der Waals surface area contributed by atoms with Gasteiger partial charge in [-0.05, 0) is 32.6 Å². The molecule has 0 radical (unpaired) electrons. The number of nitrogens with two attached hydrogens (primary N) is 1. The third-order valence-corrected chi connectivity index (χ3v) is 4.64. The fourth-order valence-corrected chi connectivity index (χ4v) is 3.44. The Labute approximate surface area is 100 Å². The second kappa shape index (κ2) is 4.09. The molecule has 1 aliphatic heterocycles. The lowest BCUT2D eigenvalue weighted by molar-refractivity contribution is 0.111. The summed E-state index contributed by atoms with van der Waals surface area (Å²) in [5.74, 6) is 0.687. The van der Waals surface area contributed by atoms with Crippen LogP contribution in [0.2, 0.25) is 0 Å². The Morgan fingerprint density at radius 1 is 1.44 bits per heavy atom. The maximum atomic E-state index is 6.02. The summed E-state index contributed by atoms with van der Waals surface area (Å²) in [5, 5.41) is 1.16. The van der Waals surface area contributed by atoms with Gasteiger partial charge in [-0.2, -0.15) is 0 Å². The average Bonchev–Trinajstić information content (AvgIpc) is 2.83. The van der Waals surface area contributed by atoms with Gasteiger partial charge in [-0.25, -0.2) is 4.98 Å². The summed E-state index contributed by atoms with van der Waals surface area (Å²) < 4.78 is 5.69. The number of thiazole rings is 1. The van der Waals surface area contributed by atoms with Crippen LogP contribution in [0.4, 0.5) is 0 Å². The maximum Gasteiger partial charge on any atom is 0.122 e. The molecule has 3 nitrogen and oxygen atoms in total. The Balaban J connectivity index is 1.91. The summed E-state index contributed by atoms with van der Waals surface area (Å²) in [6.45, 7) is 2.94. The number of nitrogens with zero attached hydrogens (tertiary/aromatic N) is 1. The Kier molecular flexibility index (Phi) is 2.73. The van der Waals surface area contributed by atoms with Crippen LogP contribution in [0.3, 0.4) is 0 Å². The molecule has 2 N–H and O–H groups in total. The molecule has 0 amide bonds. The molecule has 16 heavy (non-hydrogen) atoms. The average molecular weight is 238 g/mol. The Hall–Kier alpha value is -0.450. The molecule has 2 heterocycles. The molecule has 1 saturated carbocycles. The zero-order valence-corrected chi connectivity index (χ0v) is 10.4. The van der Waals surface area contributed by atoms with Crippen LogP contribution < -0.4 is 5.73 Å². The van der Waals surface area contributed by atoms with E-state index in [-0.39, 0.29) is 12.1 Å². The van der Waals surface area contributed by atoms with Crippen LogP contribution in [-0.4, -0.2) is 11.6 Å². The highest BCUT2D eigenvalue weighted by atomic mass is 32.1. The van der Waals surface area contributed by atoms with E-state index in [0.29, 0.717) is 5.92 Å². The predicted molar refractivity (Wildman–Crippen MR) is 64.6 cm³/mol. The molecule has 3 rings (SSSR count). The number of aromatic nitrogens is 1. The van der Waals surface area contributed by atoms with Crippen LogP contribution in [0.1, 0.15) is 66.2 Å². The molecule has 1 aliphatic carbocycles. The van der Waals surface area contributed by atoms with Crippen molar-refractivity contribution in [2.24, 2.45) is 5.73 Å². The van der Waals surface area contributed by atoms with Gasteiger partial charge in [0, 0.05) is 23.4 Å². The molecule has 2 fully saturated rings. The van der Waals surface area contributed by atoms with E-state index in [1.165, 1.54) is 23.4 Å². The van der Waals surface area contributed by atoms with Crippen molar-refractivity contribution in [3.05, 3.63) is 15.6 Å². The summed E-state index contributed by atoms with van der Waals surface area (Å²) in [5.41, 5.74) is 7.29. The summed E-state index contributed by atoms with van der Waals surface area (Å²) in [7, 11) is 0. The second-order valence-corrected chi connectivity index (χ2v) is 5.93. The van der Waals surface area contributed by atoms with Crippen LogP contribution in [-0.2, 0) is 4.74 Å². The van der Waals surface area contributed by atoms with Crippen LogP contribution in [0.25, 0.3) is 0 Å². The third kappa shape index (κ3) is 1.90. The van der Waals surface area contributed by atoms with E-state index in [9.17, 15) is 0 Å². The van der Waals surface area contributed by atoms with E-state index in [2.05, 4.69) is 6.92 Å². The largest absolute Gasteiger partial charge is 0.371 e. The number of hydrogen-bond acceptors (Lipinski definition) is 4. The minimum absolute atomic E-state index is 0.114.